The van der Waals surface area contributed by atoms with E-state index in [1.54, 1.807) is 0 Å². The van der Waals surface area contributed by atoms with Crippen LogP contribution in [0.4, 0.5) is 0 Å². The molecule has 0 fully saturated rings. The van der Waals surface area contributed by atoms with Crippen molar-refractivity contribution >= 4 is 17.5 Å². The highest BCUT2D eigenvalue weighted by atomic mass is 16.5. The number of Topliss-reactive ketones (excluding diaryl/α,β-unsaturated/α-hetero) is 2. The smallest absolute Gasteiger partial charge is 0.222 e. The van der Waals surface area contributed by atoms with Gasteiger partial charge in [-0.3, -0.25) is 14.4 Å². The van der Waals surface area contributed by atoms with Crippen molar-refractivity contribution < 1.29 is 23.9 Å². The van der Waals surface area contributed by atoms with Gasteiger partial charge in [-0.2, -0.15) is 0 Å². The summed E-state index contributed by atoms with van der Waals surface area (Å²) in [5.41, 5.74) is -0.781. The quantitative estimate of drug-likeness (QED) is 0.581. The molecular formula is C18H33NO5. The normalized spacial score (nSPS) is 12.1. The molecule has 0 aliphatic rings. The fourth-order valence-corrected chi connectivity index (χ4v) is 1.56. The fourth-order valence-electron chi connectivity index (χ4n) is 1.56. The summed E-state index contributed by atoms with van der Waals surface area (Å²) >= 11 is 0. The van der Waals surface area contributed by atoms with Gasteiger partial charge in [0.25, 0.3) is 0 Å². The first-order chi connectivity index (χ1) is 10.9. The number of nitrogens with one attached hydrogen (secondary N) is 1. The Morgan fingerprint density at radius 3 is 1.62 bits per heavy atom. The van der Waals surface area contributed by atoms with Gasteiger partial charge in [0.05, 0.1) is 33.0 Å². The van der Waals surface area contributed by atoms with E-state index >= 15 is 0 Å². The van der Waals surface area contributed by atoms with Gasteiger partial charge in [0.1, 0.15) is 5.78 Å². The highest BCUT2D eigenvalue weighted by Gasteiger charge is 2.21. The molecule has 0 aliphatic heterocycles. The third-order valence-corrected chi connectivity index (χ3v) is 3.44. The van der Waals surface area contributed by atoms with Crippen LogP contribution < -0.4 is 5.32 Å². The van der Waals surface area contributed by atoms with Gasteiger partial charge in [0.15, 0.2) is 5.78 Å². The lowest BCUT2D eigenvalue weighted by molar-refractivity contribution is -0.129. The van der Waals surface area contributed by atoms with E-state index in [4.69, 9.17) is 9.47 Å². The van der Waals surface area contributed by atoms with E-state index in [9.17, 15) is 14.4 Å². The van der Waals surface area contributed by atoms with Crippen molar-refractivity contribution in [1.82, 2.24) is 5.32 Å². The summed E-state index contributed by atoms with van der Waals surface area (Å²) in [6.07, 6.45) is 0.605. The van der Waals surface area contributed by atoms with Crippen LogP contribution in [-0.4, -0.2) is 50.4 Å². The minimum atomic E-state index is -0.449. The van der Waals surface area contributed by atoms with Crippen molar-refractivity contribution in [1.29, 1.82) is 0 Å². The zero-order valence-electron chi connectivity index (χ0n) is 16.0. The van der Waals surface area contributed by atoms with Gasteiger partial charge < -0.3 is 14.8 Å². The average Bonchev–Trinajstić information content (AvgIpc) is 2.45. The summed E-state index contributed by atoms with van der Waals surface area (Å²) in [5, 5.41) is 2.59. The lowest BCUT2D eigenvalue weighted by Crippen LogP contribution is -2.35. The molecule has 0 aromatic rings. The summed E-state index contributed by atoms with van der Waals surface area (Å²) < 4.78 is 10.6. The van der Waals surface area contributed by atoms with Crippen LogP contribution in [0.5, 0.6) is 0 Å². The maximum Gasteiger partial charge on any atom is 0.222 e. The summed E-state index contributed by atoms with van der Waals surface area (Å²) in [6.45, 7) is 12.6. The van der Waals surface area contributed by atoms with E-state index in [0.29, 0.717) is 26.2 Å². The number of amides is 1. The van der Waals surface area contributed by atoms with E-state index < -0.39 is 5.41 Å². The predicted octanol–water partition coefficient (Wildman–Crippen LogP) is 2.15. The highest BCUT2D eigenvalue weighted by molar-refractivity contribution is 5.89. The molecule has 140 valence electrons. The average molecular weight is 343 g/mol. The number of carbonyl (C=O) groups excluding carboxylic acids is 3. The van der Waals surface area contributed by atoms with Gasteiger partial charge >= 0.3 is 0 Å². The Morgan fingerprint density at radius 1 is 0.708 bits per heavy atom. The number of hydrogen-bond donors (Lipinski definition) is 1. The Labute approximate surface area is 145 Å². The monoisotopic (exact) mass is 343 g/mol. The van der Waals surface area contributed by atoms with Crippen LogP contribution in [-0.2, 0) is 23.9 Å². The molecule has 0 atom stereocenters. The Morgan fingerprint density at radius 2 is 1.17 bits per heavy atom. The largest absolute Gasteiger partial charge is 0.379 e. The van der Waals surface area contributed by atoms with E-state index in [0.717, 1.165) is 0 Å². The number of hydrogen-bond acceptors (Lipinski definition) is 5. The summed E-state index contributed by atoms with van der Waals surface area (Å²) in [6, 6.07) is 0. The molecule has 6 heteroatoms. The van der Waals surface area contributed by atoms with Gasteiger partial charge in [-0.05, 0) is 0 Å². The van der Waals surface area contributed by atoms with Crippen LogP contribution >= 0.6 is 0 Å². The van der Waals surface area contributed by atoms with Crippen LogP contribution in [0.2, 0.25) is 0 Å². The molecule has 0 aliphatic carbocycles. The molecule has 0 rings (SSSR count). The first-order valence-electron chi connectivity index (χ1n) is 8.43. The Bertz CT molecular complexity index is 418. The molecule has 0 aromatic heterocycles. The van der Waals surface area contributed by atoms with E-state index in [2.05, 4.69) is 5.32 Å². The second-order valence-corrected chi connectivity index (χ2v) is 7.85. The SMILES string of the molecule is CC(C)(C)C(=O)CCOCCOCCC(=O)NCC(=O)C(C)(C)C. The predicted molar refractivity (Wildman–Crippen MR) is 92.8 cm³/mol. The third-order valence-electron chi connectivity index (χ3n) is 3.44. The lowest BCUT2D eigenvalue weighted by atomic mass is 9.89. The molecule has 1 N–H and O–H groups in total. The second-order valence-electron chi connectivity index (χ2n) is 7.85. The maximum absolute atomic E-state index is 11.7. The fraction of sp³-hybridized carbons (Fsp3) is 0.833. The molecule has 0 bridgehead atoms. The number of carbonyl (C=O) groups is 3. The van der Waals surface area contributed by atoms with Crippen molar-refractivity contribution in [2.24, 2.45) is 10.8 Å². The molecule has 0 aromatic carbocycles. The maximum atomic E-state index is 11.7. The molecule has 1 amide bonds. The van der Waals surface area contributed by atoms with E-state index in [1.807, 2.05) is 41.5 Å². The first-order valence-corrected chi connectivity index (χ1v) is 8.43. The van der Waals surface area contributed by atoms with Crippen molar-refractivity contribution in [3.63, 3.8) is 0 Å². The second kappa shape index (κ2) is 10.6. The molecule has 0 saturated carbocycles. The van der Waals surface area contributed by atoms with Gasteiger partial charge in [-0.15, -0.1) is 0 Å². The van der Waals surface area contributed by atoms with Gasteiger partial charge in [0, 0.05) is 23.7 Å². The van der Waals surface area contributed by atoms with Crippen LogP contribution in [0, 0.1) is 10.8 Å². The topological polar surface area (TPSA) is 81.7 Å². The number of ether oxygens (including phenoxy) is 2. The molecule has 24 heavy (non-hydrogen) atoms. The minimum absolute atomic E-state index is 0.00466. The standard InChI is InChI=1S/C18H33NO5/c1-17(2,3)14(20)7-9-23-11-12-24-10-8-16(22)19-13-15(21)18(4,5)6/h7-13H2,1-6H3,(H,19,22). The van der Waals surface area contributed by atoms with Gasteiger partial charge in [0.2, 0.25) is 5.91 Å². The van der Waals surface area contributed by atoms with Crippen molar-refractivity contribution in [3.05, 3.63) is 0 Å². The number of rotatable bonds is 11. The molecule has 0 radical (unpaired) electrons. The van der Waals surface area contributed by atoms with Crippen molar-refractivity contribution in [2.45, 2.75) is 54.4 Å². The molecule has 0 heterocycles. The van der Waals surface area contributed by atoms with Gasteiger partial charge in [-0.1, -0.05) is 41.5 Å². The Kier molecular flexibility index (Phi) is 10.0. The first kappa shape index (κ1) is 22.7. The van der Waals surface area contributed by atoms with Crippen LogP contribution in [0.25, 0.3) is 0 Å². The Hall–Kier alpha value is -1.27. The number of ketones is 2. The van der Waals surface area contributed by atoms with Crippen LogP contribution in [0.3, 0.4) is 0 Å². The lowest BCUT2D eigenvalue weighted by Gasteiger charge is -2.16. The molecule has 6 nitrogen and oxygen atoms in total. The Balaban J connectivity index is 3.55. The zero-order valence-corrected chi connectivity index (χ0v) is 16.0. The van der Waals surface area contributed by atoms with Crippen molar-refractivity contribution in [2.75, 3.05) is 33.0 Å². The molecule has 0 saturated heterocycles. The summed E-state index contributed by atoms with van der Waals surface area (Å²) in [7, 11) is 0. The molecule has 0 spiro atoms. The minimum Gasteiger partial charge on any atom is -0.379 e. The zero-order chi connectivity index (χ0) is 18.8. The summed E-state index contributed by atoms with van der Waals surface area (Å²) in [4.78, 5) is 34.9. The highest BCUT2D eigenvalue weighted by Crippen LogP contribution is 2.16. The van der Waals surface area contributed by atoms with Crippen molar-refractivity contribution in [3.8, 4) is 0 Å². The summed E-state index contributed by atoms with van der Waals surface area (Å²) in [5.74, 6) is -0.0378. The van der Waals surface area contributed by atoms with Crippen LogP contribution in [0.15, 0.2) is 0 Å². The van der Waals surface area contributed by atoms with Gasteiger partial charge in [-0.25, -0.2) is 0 Å². The van der Waals surface area contributed by atoms with E-state index in [-0.39, 0.29) is 42.5 Å². The van der Waals surface area contributed by atoms with E-state index in [1.165, 1.54) is 0 Å². The van der Waals surface area contributed by atoms with Crippen LogP contribution in [0.1, 0.15) is 54.4 Å². The third kappa shape index (κ3) is 11.3. The molecular weight excluding hydrogens is 310 g/mol. The molecule has 0 unspecified atom stereocenters.